The maximum Gasteiger partial charge on any atom is 0.141 e. The van der Waals surface area contributed by atoms with Gasteiger partial charge in [0.1, 0.15) is 23.5 Å². The highest BCUT2D eigenvalue weighted by molar-refractivity contribution is 5.81. The first kappa shape index (κ1) is 16.4. The van der Waals surface area contributed by atoms with E-state index in [1.165, 1.54) is 18.2 Å². The van der Waals surface area contributed by atoms with Crippen LogP contribution in [-0.4, -0.2) is 0 Å². The van der Waals surface area contributed by atoms with Crippen LogP contribution in [-0.2, 0) is 12.8 Å². The zero-order valence-corrected chi connectivity index (χ0v) is 14.0. The van der Waals surface area contributed by atoms with E-state index in [-0.39, 0.29) is 11.1 Å². The van der Waals surface area contributed by atoms with Crippen molar-refractivity contribution in [2.24, 2.45) is 0 Å². The summed E-state index contributed by atoms with van der Waals surface area (Å²) in [7, 11) is 0. The molecule has 0 radical (unpaired) electrons. The highest BCUT2D eigenvalue weighted by atomic mass is 19.1. The number of nitriles is 1. The molecule has 0 saturated heterocycles. The third-order valence-electron chi connectivity index (χ3n) is 4.95. The quantitative estimate of drug-likeness (QED) is 0.450. The van der Waals surface area contributed by atoms with Gasteiger partial charge in [-0.3, -0.25) is 0 Å². The number of fused-ring (bicyclic) bond motifs is 3. The van der Waals surface area contributed by atoms with E-state index >= 15 is 0 Å². The van der Waals surface area contributed by atoms with Crippen molar-refractivity contribution in [1.29, 1.82) is 5.26 Å². The molecule has 26 heavy (non-hydrogen) atoms. The Hall–Kier alpha value is -3.06. The van der Waals surface area contributed by atoms with E-state index in [0.717, 1.165) is 16.7 Å². The van der Waals surface area contributed by atoms with Gasteiger partial charge in [0, 0.05) is 17.5 Å². The molecule has 0 aromatic heterocycles. The minimum Gasteiger partial charge on any atom is -0.207 e. The number of nitrogens with zero attached hydrogens (tertiary/aromatic N) is 1. The molecule has 128 valence electrons. The molecule has 0 amide bonds. The molecule has 0 spiro atoms. The van der Waals surface area contributed by atoms with Gasteiger partial charge in [0.25, 0.3) is 0 Å². The Balaban J connectivity index is 1.80. The monoisotopic (exact) mass is 349 g/mol. The number of benzene rings is 3. The van der Waals surface area contributed by atoms with Crippen LogP contribution >= 0.6 is 0 Å². The van der Waals surface area contributed by atoms with E-state index in [2.05, 4.69) is 0 Å². The van der Waals surface area contributed by atoms with Crippen LogP contribution < -0.4 is 0 Å². The summed E-state index contributed by atoms with van der Waals surface area (Å²) in [6.07, 6.45) is 0.688. The zero-order chi connectivity index (χ0) is 18.4. The van der Waals surface area contributed by atoms with E-state index in [1.807, 2.05) is 12.1 Å². The van der Waals surface area contributed by atoms with Gasteiger partial charge in [-0.05, 0) is 52.4 Å². The molecule has 4 heteroatoms. The fourth-order valence-corrected chi connectivity index (χ4v) is 3.60. The van der Waals surface area contributed by atoms with Crippen molar-refractivity contribution in [1.82, 2.24) is 0 Å². The lowest BCUT2D eigenvalue weighted by molar-refractivity contribution is 0.553. The van der Waals surface area contributed by atoms with Crippen molar-refractivity contribution < 1.29 is 13.2 Å². The molecule has 0 atom stereocenters. The SMILES string of the molecule is CCc1c(F)cc2c(c1F)Cc1cc(-c3ccc(C#N)c(F)c3)ccc1-2. The molecule has 0 N–H and O–H groups in total. The van der Waals surface area contributed by atoms with E-state index < -0.39 is 17.5 Å². The van der Waals surface area contributed by atoms with E-state index in [0.29, 0.717) is 29.5 Å². The van der Waals surface area contributed by atoms with Crippen LogP contribution in [0.15, 0.2) is 42.5 Å². The first-order valence-electron chi connectivity index (χ1n) is 8.36. The molecule has 0 heterocycles. The van der Waals surface area contributed by atoms with Gasteiger partial charge in [0.05, 0.1) is 5.56 Å². The Morgan fingerprint density at radius 1 is 0.923 bits per heavy atom. The first-order chi connectivity index (χ1) is 12.5. The lowest BCUT2D eigenvalue weighted by atomic mass is 9.98. The van der Waals surface area contributed by atoms with Gasteiger partial charge >= 0.3 is 0 Å². The minimum atomic E-state index is -0.575. The molecule has 3 aromatic carbocycles. The summed E-state index contributed by atoms with van der Waals surface area (Å²) in [6, 6.07) is 13.1. The Morgan fingerprint density at radius 2 is 1.65 bits per heavy atom. The van der Waals surface area contributed by atoms with Crippen LogP contribution in [0.2, 0.25) is 0 Å². The standard InChI is InChI=1S/C22H14F3N/c1-2-16-21(24)10-18-17-6-5-12(7-15(17)8-19(18)22(16)25)13-3-4-14(11-26)20(23)9-13/h3-7,9-10H,2,8H2,1H3. The second-order valence-electron chi connectivity index (χ2n) is 6.39. The molecular formula is C22H14F3N. The molecule has 0 unspecified atom stereocenters. The summed E-state index contributed by atoms with van der Waals surface area (Å²) in [5.74, 6) is -1.56. The second-order valence-corrected chi connectivity index (χ2v) is 6.39. The third-order valence-corrected chi connectivity index (χ3v) is 4.95. The summed E-state index contributed by atoms with van der Waals surface area (Å²) in [4.78, 5) is 0. The highest BCUT2D eigenvalue weighted by Gasteiger charge is 2.26. The van der Waals surface area contributed by atoms with Crippen LogP contribution in [0.3, 0.4) is 0 Å². The van der Waals surface area contributed by atoms with Gasteiger partial charge in [-0.2, -0.15) is 5.26 Å². The van der Waals surface area contributed by atoms with E-state index in [9.17, 15) is 13.2 Å². The molecule has 0 fully saturated rings. The maximum atomic E-state index is 14.6. The molecule has 0 saturated carbocycles. The van der Waals surface area contributed by atoms with Gasteiger partial charge in [-0.15, -0.1) is 0 Å². The predicted octanol–water partition coefficient (Wildman–Crippen LogP) is 5.78. The lowest BCUT2D eigenvalue weighted by Gasteiger charge is -2.08. The summed E-state index contributed by atoms with van der Waals surface area (Å²) < 4.78 is 42.7. The molecular weight excluding hydrogens is 335 g/mol. The minimum absolute atomic E-state index is 0.00745. The fourth-order valence-electron chi connectivity index (χ4n) is 3.60. The molecule has 1 aliphatic rings. The molecule has 0 bridgehead atoms. The smallest absolute Gasteiger partial charge is 0.141 e. The number of rotatable bonds is 2. The van der Waals surface area contributed by atoms with Gasteiger partial charge in [-0.25, -0.2) is 13.2 Å². The summed E-state index contributed by atoms with van der Waals surface area (Å²) >= 11 is 0. The Kier molecular flexibility index (Phi) is 3.81. The molecule has 4 rings (SSSR count). The van der Waals surface area contributed by atoms with E-state index in [1.54, 1.807) is 25.1 Å². The van der Waals surface area contributed by atoms with Crippen molar-refractivity contribution >= 4 is 0 Å². The summed E-state index contributed by atoms with van der Waals surface area (Å²) in [5, 5.41) is 8.84. The largest absolute Gasteiger partial charge is 0.207 e. The third kappa shape index (κ3) is 2.40. The van der Waals surface area contributed by atoms with E-state index in [4.69, 9.17) is 5.26 Å². The number of hydrogen-bond acceptors (Lipinski definition) is 1. The molecule has 0 aliphatic heterocycles. The normalized spacial score (nSPS) is 11.8. The van der Waals surface area contributed by atoms with Crippen molar-refractivity contribution in [3.05, 3.63) is 82.2 Å². The van der Waals surface area contributed by atoms with Gasteiger partial charge < -0.3 is 0 Å². The molecule has 3 aromatic rings. The van der Waals surface area contributed by atoms with Crippen LogP contribution in [0, 0.1) is 28.8 Å². The van der Waals surface area contributed by atoms with Crippen LogP contribution in [0.1, 0.15) is 29.2 Å². The molecule has 1 aliphatic carbocycles. The van der Waals surface area contributed by atoms with Gasteiger partial charge in [-0.1, -0.05) is 31.2 Å². The summed E-state index contributed by atoms with van der Waals surface area (Å²) in [5.41, 5.74) is 4.31. The average molecular weight is 349 g/mol. The first-order valence-corrected chi connectivity index (χ1v) is 8.36. The van der Waals surface area contributed by atoms with Crippen LogP contribution in [0.25, 0.3) is 22.3 Å². The number of halogens is 3. The van der Waals surface area contributed by atoms with Gasteiger partial charge in [0.2, 0.25) is 0 Å². The van der Waals surface area contributed by atoms with Crippen molar-refractivity contribution in [3.8, 4) is 28.3 Å². The second kappa shape index (κ2) is 6.03. The topological polar surface area (TPSA) is 23.8 Å². The fraction of sp³-hybridized carbons (Fsp3) is 0.136. The predicted molar refractivity (Wildman–Crippen MR) is 94.1 cm³/mol. The number of hydrogen-bond donors (Lipinski definition) is 0. The zero-order valence-electron chi connectivity index (χ0n) is 14.0. The van der Waals surface area contributed by atoms with Gasteiger partial charge in [0.15, 0.2) is 0 Å². The summed E-state index contributed by atoms with van der Waals surface area (Å²) in [6.45, 7) is 1.73. The average Bonchev–Trinajstić information content (AvgIpc) is 3.00. The maximum absolute atomic E-state index is 14.6. The lowest BCUT2D eigenvalue weighted by Crippen LogP contribution is -1.99. The Labute approximate surface area is 149 Å². The Morgan fingerprint density at radius 3 is 2.35 bits per heavy atom. The van der Waals surface area contributed by atoms with Crippen LogP contribution in [0.4, 0.5) is 13.2 Å². The van der Waals surface area contributed by atoms with Crippen molar-refractivity contribution in [2.45, 2.75) is 19.8 Å². The van der Waals surface area contributed by atoms with Crippen LogP contribution in [0.5, 0.6) is 0 Å². The molecule has 1 nitrogen and oxygen atoms in total. The highest BCUT2D eigenvalue weighted by Crippen LogP contribution is 2.41. The van der Waals surface area contributed by atoms with Crippen molar-refractivity contribution in [3.63, 3.8) is 0 Å². The van der Waals surface area contributed by atoms with Crippen molar-refractivity contribution in [2.75, 3.05) is 0 Å². The Bertz CT molecular complexity index is 1090.